The number of aliphatic hydroxyl groups is 1. The molecule has 1 heterocycles. The molecule has 1 saturated heterocycles. The molecule has 3 N–H and O–H groups in total. The highest BCUT2D eigenvalue weighted by atomic mass is 35.5. The Hall–Kier alpha value is -0.320. The lowest BCUT2D eigenvalue weighted by atomic mass is 9.90. The summed E-state index contributed by atoms with van der Waals surface area (Å²) in [6.45, 7) is 7.33. The Morgan fingerprint density at radius 1 is 1.44 bits per heavy atom. The Labute approximate surface area is 116 Å². The number of rotatable bonds is 5. The van der Waals surface area contributed by atoms with Crippen LogP contribution >= 0.6 is 12.4 Å². The molecule has 1 amide bonds. The number of halogens is 1. The standard InChI is InChI=1S/C13H26N2O2.ClH/c1-10(2)8-11(16)9-14-12(17)13(3)6-4-5-7-15-13;/h10-11,15-16H,4-9H2,1-3H3,(H,14,17);1H. The van der Waals surface area contributed by atoms with Crippen LogP contribution < -0.4 is 10.6 Å². The third kappa shape index (κ3) is 5.55. The van der Waals surface area contributed by atoms with Gasteiger partial charge in [-0.25, -0.2) is 0 Å². The van der Waals surface area contributed by atoms with E-state index in [-0.39, 0.29) is 18.3 Å². The molecule has 0 spiro atoms. The van der Waals surface area contributed by atoms with Gasteiger partial charge >= 0.3 is 0 Å². The van der Waals surface area contributed by atoms with Gasteiger partial charge < -0.3 is 15.7 Å². The van der Waals surface area contributed by atoms with Gasteiger partial charge in [-0.15, -0.1) is 12.4 Å². The van der Waals surface area contributed by atoms with E-state index in [4.69, 9.17) is 0 Å². The van der Waals surface area contributed by atoms with Gasteiger partial charge in [0, 0.05) is 6.54 Å². The first-order valence-corrected chi connectivity index (χ1v) is 6.65. The number of piperidine rings is 1. The summed E-state index contributed by atoms with van der Waals surface area (Å²) in [4.78, 5) is 12.0. The average molecular weight is 279 g/mol. The molecule has 1 fully saturated rings. The van der Waals surface area contributed by atoms with E-state index in [1.807, 2.05) is 6.92 Å². The lowest BCUT2D eigenvalue weighted by Gasteiger charge is -2.33. The van der Waals surface area contributed by atoms with Crippen LogP contribution in [0.25, 0.3) is 0 Å². The summed E-state index contributed by atoms with van der Waals surface area (Å²) in [7, 11) is 0. The third-order valence-electron chi connectivity index (χ3n) is 3.36. The zero-order valence-electron chi connectivity index (χ0n) is 11.7. The summed E-state index contributed by atoms with van der Waals surface area (Å²) in [5.41, 5.74) is -0.449. The fourth-order valence-electron chi connectivity index (χ4n) is 2.28. The zero-order valence-corrected chi connectivity index (χ0v) is 12.5. The predicted octanol–water partition coefficient (Wildman–Crippen LogP) is 1.46. The summed E-state index contributed by atoms with van der Waals surface area (Å²) in [6.07, 6.45) is 3.39. The van der Waals surface area contributed by atoms with E-state index in [2.05, 4.69) is 24.5 Å². The van der Waals surface area contributed by atoms with Gasteiger partial charge in [0.25, 0.3) is 0 Å². The minimum atomic E-state index is -0.449. The van der Waals surface area contributed by atoms with Crippen LogP contribution in [0.4, 0.5) is 0 Å². The molecule has 0 bridgehead atoms. The van der Waals surface area contributed by atoms with Gasteiger partial charge in [-0.05, 0) is 45.1 Å². The Kier molecular flexibility index (Phi) is 7.83. The quantitative estimate of drug-likeness (QED) is 0.714. The summed E-state index contributed by atoms with van der Waals surface area (Å²) in [5.74, 6) is 0.463. The second-order valence-electron chi connectivity index (χ2n) is 5.71. The maximum atomic E-state index is 12.0. The first-order valence-electron chi connectivity index (χ1n) is 6.65. The molecule has 108 valence electrons. The van der Waals surface area contributed by atoms with E-state index >= 15 is 0 Å². The van der Waals surface area contributed by atoms with E-state index in [9.17, 15) is 9.90 Å². The van der Waals surface area contributed by atoms with Crippen molar-refractivity contribution in [2.75, 3.05) is 13.1 Å². The van der Waals surface area contributed by atoms with Crippen LogP contribution in [0.15, 0.2) is 0 Å². The molecule has 0 aromatic heterocycles. The molecule has 4 nitrogen and oxygen atoms in total. The summed E-state index contributed by atoms with van der Waals surface area (Å²) in [5, 5.41) is 15.8. The number of hydrogen-bond acceptors (Lipinski definition) is 3. The number of carbonyl (C=O) groups excluding carboxylic acids is 1. The first kappa shape index (κ1) is 17.7. The normalized spacial score (nSPS) is 25.4. The minimum Gasteiger partial charge on any atom is -0.391 e. The Bertz CT molecular complexity index is 253. The van der Waals surface area contributed by atoms with Crippen LogP contribution in [0.1, 0.15) is 46.5 Å². The lowest BCUT2D eigenvalue weighted by molar-refractivity contribution is -0.128. The van der Waals surface area contributed by atoms with Crippen molar-refractivity contribution < 1.29 is 9.90 Å². The molecular formula is C13H27ClN2O2. The van der Waals surface area contributed by atoms with Gasteiger partial charge in [0.2, 0.25) is 5.91 Å². The number of amides is 1. The van der Waals surface area contributed by atoms with Crippen molar-refractivity contribution in [1.82, 2.24) is 10.6 Å². The second-order valence-corrected chi connectivity index (χ2v) is 5.71. The van der Waals surface area contributed by atoms with E-state index in [1.54, 1.807) is 0 Å². The van der Waals surface area contributed by atoms with E-state index in [0.29, 0.717) is 12.5 Å². The summed E-state index contributed by atoms with van der Waals surface area (Å²) < 4.78 is 0. The fraction of sp³-hybridized carbons (Fsp3) is 0.923. The van der Waals surface area contributed by atoms with Crippen LogP contribution in [-0.4, -0.2) is 35.7 Å². The van der Waals surface area contributed by atoms with Gasteiger partial charge in [0.05, 0.1) is 11.6 Å². The predicted molar refractivity (Wildman–Crippen MR) is 76.0 cm³/mol. The van der Waals surface area contributed by atoms with Gasteiger partial charge in [0.1, 0.15) is 0 Å². The van der Waals surface area contributed by atoms with Crippen molar-refractivity contribution in [3.8, 4) is 0 Å². The Morgan fingerprint density at radius 2 is 2.11 bits per heavy atom. The molecule has 0 radical (unpaired) electrons. The average Bonchev–Trinajstić information content (AvgIpc) is 2.26. The Morgan fingerprint density at radius 3 is 2.61 bits per heavy atom. The SMILES string of the molecule is CC(C)CC(O)CNC(=O)C1(C)CCCCN1.Cl. The number of hydrogen-bond donors (Lipinski definition) is 3. The molecule has 0 saturated carbocycles. The maximum Gasteiger partial charge on any atom is 0.240 e. The van der Waals surface area contributed by atoms with Crippen molar-refractivity contribution in [3.05, 3.63) is 0 Å². The number of carbonyl (C=O) groups is 1. The van der Waals surface area contributed by atoms with Crippen LogP contribution in [0.3, 0.4) is 0 Å². The minimum absolute atomic E-state index is 0. The highest BCUT2D eigenvalue weighted by molar-refractivity contribution is 5.86. The van der Waals surface area contributed by atoms with Gasteiger partial charge in [0.15, 0.2) is 0 Å². The smallest absolute Gasteiger partial charge is 0.240 e. The van der Waals surface area contributed by atoms with Crippen molar-refractivity contribution >= 4 is 18.3 Å². The van der Waals surface area contributed by atoms with Gasteiger partial charge in [-0.2, -0.15) is 0 Å². The summed E-state index contributed by atoms with van der Waals surface area (Å²) >= 11 is 0. The highest BCUT2D eigenvalue weighted by Gasteiger charge is 2.34. The molecule has 5 heteroatoms. The topological polar surface area (TPSA) is 61.4 Å². The molecule has 18 heavy (non-hydrogen) atoms. The largest absolute Gasteiger partial charge is 0.391 e. The molecule has 1 aliphatic heterocycles. The molecule has 2 atom stereocenters. The molecule has 0 aliphatic carbocycles. The third-order valence-corrected chi connectivity index (χ3v) is 3.36. The molecule has 2 unspecified atom stereocenters. The molecule has 0 aromatic carbocycles. The second kappa shape index (κ2) is 7.97. The van der Waals surface area contributed by atoms with E-state index in [0.717, 1.165) is 32.2 Å². The number of nitrogens with one attached hydrogen (secondary N) is 2. The monoisotopic (exact) mass is 278 g/mol. The summed E-state index contributed by atoms with van der Waals surface area (Å²) in [6, 6.07) is 0. The molecule has 1 rings (SSSR count). The van der Waals surface area contributed by atoms with Crippen LogP contribution in [-0.2, 0) is 4.79 Å². The van der Waals surface area contributed by atoms with Crippen molar-refractivity contribution in [2.24, 2.45) is 5.92 Å². The zero-order chi connectivity index (χ0) is 12.9. The van der Waals surface area contributed by atoms with Gasteiger partial charge in [-0.1, -0.05) is 13.8 Å². The molecular weight excluding hydrogens is 252 g/mol. The van der Waals surface area contributed by atoms with Gasteiger partial charge in [-0.3, -0.25) is 4.79 Å². The van der Waals surface area contributed by atoms with Crippen molar-refractivity contribution in [3.63, 3.8) is 0 Å². The fourth-order valence-corrected chi connectivity index (χ4v) is 2.28. The van der Waals surface area contributed by atoms with Crippen LogP contribution in [0, 0.1) is 5.92 Å². The lowest BCUT2D eigenvalue weighted by Crippen LogP contribution is -2.57. The molecule has 1 aliphatic rings. The Balaban J connectivity index is 0.00000289. The van der Waals surface area contributed by atoms with Crippen molar-refractivity contribution in [2.45, 2.75) is 58.1 Å². The van der Waals surface area contributed by atoms with E-state index < -0.39 is 11.6 Å². The van der Waals surface area contributed by atoms with E-state index in [1.165, 1.54) is 0 Å². The van der Waals surface area contributed by atoms with Crippen LogP contribution in [0.2, 0.25) is 0 Å². The highest BCUT2D eigenvalue weighted by Crippen LogP contribution is 2.18. The number of aliphatic hydroxyl groups excluding tert-OH is 1. The maximum absolute atomic E-state index is 12.0. The van der Waals surface area contributed by atoms with Crippen LogP contribution in [0.5, 0.6) is 0 Å². The first-order chi connectivity index (χ1) is 7.94. The van der Waals surface area contributed by atoms with Crippen molar-refractivity contribution in [1.29, 1.82) is 0 Å². The molecule has 0 aromatic rings.